The fourth-order valence-corrected chi connectivity index (χ4v) is 1.05. The van der Waals surface area contributed by atoms with Gasteiger partial charge in [-0.3, -0.25) is 0 Å². The van der Waals surface area contributed by atoms with Crippen molar-refractivity contribution in [1.82, 2.24) is 20.4 Å². The second kappa shape index (κ2) is 4.72. The molecule has 15 heavy (non-hydrogen) atoms. The molecule has 0 aromatic carbocycles. The molecular formula is C10H20N4O. The molecule has 0 bridgehead atoms. The van der Waals surface area contributed by atoms with Crippen LogP contribution in [-0.2, 0) is 13.1 Å². The molecule has 1 aromatic rings. The van der Waals surface area contributed by atoms with Gasteiger partial charge in [-0.05, 0) is 34.9 Å². The van der Waals surface area contributed by atoms with Gasteiger partial charge in [0.15, 0.2) is 5.82 Å². The number of rotatable bonds is 4. The van der Waals surface area contributed by atoms with Crippen LogP contribution < -0.4 is 5.32 Å². The van der Waals surface area contributed by atoms with Gasteiger partial charge >= 0.3 is 0 Å². The predicted molar refractivity (Wildman–Crippen MR) is 58.3 cm³/mol. The van der Waals surface area contributed by atoms with E-state index in [1.165, 1.54) is 0 Å². The Morgan fingerprint density at radius 3 is 2.53 bits per heavy atom. The van der Waals surface area contributed by atoms with Crippen LogP contribution in [0.4, 0.5) is 0 Å². The normalized spacial score (nSPS) is 12.4. The fourth-order valence-electron chi connectivity index (χ4n) is 1.05. The van der Waals surface area contributed by atoms with Gasteiger partial charge in [-0.15, -0.1) is 0 Å². The van der Waals surface area contributed by atoms with Crippen molar-refractivity contribution in [2.45, 2.75) is 39.4 Å². The predicted octanol–water partition coefficient (Wildman–Crippen LogP) is 1.02. The molecule has 86 valence electrons. The highest BCUT2D eigenvalue weighted by molar-refractivity contribution is 4.86. The molecule has 1 rings (SSSR count). The molecule has 0 aliphatic rings. The van der Waals surface area contributed by atoms with Crippen LogP contribution in [0.3, 0.4) is 0 Å². The van der Waals surface area contributed by atoms with Gasteiger partial charge in [-0.1, -0.05) is 5.16 Å². The summed E-state index contributed by atoms with van der Waals surface area (Å²) >= 11 is 0. The standard InChI is InChI=1S/C10H20N4O/c1-10(2,3)11-6-9-12-8(13-15-9)7-14(4)5/h11H,6-7H2,1-5H3. The van der Waals surface area contributed by atoms with Crippen molar-refractivity contribution in [3.63, 3.8) is 0 Å². The second-order valence-electron chi connectivity index (χ2n) is 4.95. The first-order valence-corrected chi connectivity index (χ1v) is 5.08. The lowest BCUT2D eigenvalue weighted by Gasteiger charge is -2.18. The van der Waals surface area contributed by atoms with Crippen LogP contribution in [0, 0.1) is 0 Å². The summed E-state index contributed by atoms with van der Waals surface area (Å²) in [6.45, 7) is 7.63. The Hall–Kier alpha value is -0.940. The van der Waals surface area contributed by atoms with Gasteiger partial charge in [0.05, 0.1) is 13.1 Å². The first-order chi connectivity index (χ1) is 6.87. The van der Waals surface area contributed by atoms with Gasteiger partial charge in [-0.2, -0.15) is 4.98 Å². The van der Waals surface area contributed by atoms with Crippen molar-refractivity contribution in [2.75, 3.05) is 14.1 Å². The molecule has 0 aliphatic carbocycles. The van der Waals surface area contributed by atoms with Crippen molar-refractivity contribution in [2.24, 2.45) is 0 Å². The molecule has 0 saturated heterocycles. The molecule has 1 heterocycles. The number of nitrogens with one attached hydrogen (secondary N) is 1. The van der Waals surface area contributed by atoms with Gasteiger partial charge < -0.3 is 14.7 Å². The molecule has 0 radical (unpaired) electrons. The molecule has 1 N–H and O–H groups in total. The minimum Gasteiger partial charge on any atom is -0.338 e. The van der Waals surface area contributed by atoms with E-state index >= 15 is 0 Å². The molecule has 5 nitrogen and oxygen atoms in total. The number of hydrogen-bond acceptors (Lipinski definition) is 5. The summed E-state index contributed by atoms with van der Waals surface area (Å²) in [6, 6.07) is 0. The third kappa shape index (κ3) is 4.90. The third-order valence-electron chi connectivity index (χ3n) is 1.74. The summed E-state index contributed by atoms with van der Waals surface area (Å²) in [5.74, 6) is 1.37. The van der Waals surface area contributed by atoms with Gasteiger partial charge in [0.25, 0.3) is 0 Å². The van der Waals surface area contributed by atoms with Crippen molar-refractivity contribution in [1.29, 1.82) is 0 Å². The Morgan fingerprint density at radius 1 is 1.33 bits per heavy atom. The third-order valence-corrected chi connectivity index (χ3v) is 1.74. The summed E-state index contributed by atoms with van der Waals surface area (Å²) < 4.78 is 5.11. The molecule has 0 fully saturated rings. The molecule has 0 amide bonds. The number of aromatic nitrogens is 2. The van der Waals surface area contributed by atoms with Crippen LogP contribution in [0.15, 0.2) is 4.52 Å². The topological polar surface area (TPSA) is 54.2 Å². The quantitative estimate of drug-likeness (QED) is 0.807. The first kappa shape index (κ1) is 12.1. The molecule has 5 heteroatoms. The molecule has 1 aromatic heterocycles. The average Bonchev–Trinajstić information content (AvgIpc) is 2.46. The summed E-state index contributed by atoms with van der Waals surface area (Å²) in [4.78, 5) is 6.28. The van der Waals surface area contributed by atoms with Crippen LogP contribution >= 0.6 is 0 Å². The molecule has 0 spiro atoms. The van der Waals surface area contributed by atoms with Gasteiger partial charge in [-0.25, -0.2) is 0 Å². The second-order valence-corrected chi connectivity index (χ2v) is 4.95. The Labute approximate surface area is 90.8 Å². The summed E-state index contributed by atoms with van der Waals surface area (Å²) in [5.41, 5.74) is 0.0657. The maximum Gasteiger partial charge on any atom is 0.240 e. The Bertz CT molecular complexity index is 301. The first-order valence-electron chi connectivity index (χ1n) is 5.08. The zero-order valence-electron chi connectivity index (χ0n) is 10.2. The lowest BCUT2D eigenvalue weighted by molar-refractivity contribution is 0.326. The summed E-state index contributed by atoms with van der Waals surface area (Å²) in [5, 5.41) is 7.18. The summed E-state index contributed by atoms with van der Waals surface area (Å²) in [6.07, 6.45) is 0. The van der Waals surface area contributed by atoms with Gasteiger partial charge in [0, 0.05) is 5.54 Å². The van der Waals surface area contributed by atoms with Crippen LogP contribution in [0.2, 0.25) is 0 Å². The van der Waals surface area contributed by atoms with E-state index in [1.807, 2.05) is 19.0 Å². The van der Waals surface area contributed by atoms with Crippen LogP contribution in [0.1, 0.15) is 32.5 Å². The fraction of sp³-hybridized carbons (Fsp3) is 0.800. The molecular weight excluding hydrogens is 192 g/mol. The van der Waals surface area contributed by atoms with Crippen molar-refractivity contribution in [3.05, 3.63) is 11.7 Å². The lowest BCUT2D eigenvalue weighted by atomic mass is 10.1. The van der Waals surface area contributed by atoms with Crippen LogP contribution in [-0.4, -0.2) is 34.7 Å². The number of nitrogens with zero attached hydrogens (tertiary/aromatic N) is 3. The van der Waals surface area contributed by atoms with Crippen molar-refractivity contribution < 1.29 is 4.52 Å². The van der Waals surface area contributed by atoms with Gasteiger partial charge in [0.1, 0.15) is 0 Å². The number of hydrogen-bond donors (Lipinski definition) is 1. The van der Waals surface area contributed by atoms with E-state index in [-0.39, 0.29) is 5.54 Å². The molecule has 0 unspecified atom stereocenters. The van der Waals surface area contributed by atoms with E-state index in [4.69, 9.17) is 4.52 Å². The maximum absolute atomic E-state index is 5.11. The zero-order chi connectivity index (χ0) is 11.5. The average molecular weight is 212 g/mol. The highest BCUT2D eigenvalue weighted by Gasteiger charge is 2.12. The SMILES string of the molecule is CN(C)Cc1noc(CNC(C)(C)C)n1. The zero-order valence-corrected chi connectivity index (χ0v) is 10.2. The molecule has 0 aliphatic heterocycles. The van der Waals surface area contributed by atoms with E-state index in [2.05, 4.69) is 36.2 Å². The largest absolute Gasteiger partial charge is 0.338 e. The minimum atomic E-state index is 0.0657. The highest BCUT2D eigenvalue weighted by atomic mass is 16.5. The van der Waals surface area contributed by atoms with E-state index in [9.17, 15) is 0 Å². The Kier molecular flexibility index (Phi) is 3.82. The highest BCUT2D eigenvalue weighted by Crippen LogP contribution is 2.03. The van der Waals surface area contributed by atoms with Crippen molar-refractivity contribution in [3.8, 4) is 0 Å². The van der Waals surface area contributed by atoms with E-state index in [1.54, 1.807) is 0 Å². The molecule has 0 atom stereocenters. The maximum atomic E-state index is 5.11. The van der Waals surface area contributed by atoms with Gasteiger partial charge in [0.2, 0.25) is 5.89 Å². The monoisotopic (exact) mass is 212 g/mol. The molecule has 0 saturated carbocycles. The van der Waals surface area contributed by atoms with E-state index in [0.29, 0.717) is 19.0 Å². The van der Waals surface area contributed by atoms with Crippen LogP contribution in [0.5, 0.6) is 0 Å². The Balaban J connectivity index is 2.46. The van der Waals surface area contributed by atoms with Crippen LogP contribution in [0.25, 0.3) is 0 Å². The van der Waals surface area contributed by atoms with Crippen molar-refractivity contribution >= 4 is 0 Å². The lowest BCUT2D eigenvalue weighted by Crippen LogP contribution is -2.35. The Morgan fingerprint density at radius 2 is 2.00 bits per heavy atom. The van der Waals surface area contributed by atoms with E-state index in [0.717, 1.165) is 5.82 Å². The minimum absolute atomic E-state index is 0.0657. The van der Waals surface area contributed by atoms with E-state index < -0.39 is 0 Å². The summed E-state index contributed by atoms with van der Waals surface area (Å²) in [7, 11) is 3.95. The smallest absolute Gasteiger partial charge is 0.240 e.